The van der Waals surface area contributed by atoms with Crippen LogP contribution in [-0.2, 0) is 4.74 Å². The standard InChI is InChI=1S/C10H8ClNO2.C8H4ClNO2/c1-2-14-10(13)7-4-3-5-9(11)8(7)6-12;9-7-3-1-2-5(8(11)12)6(7)4-10/h3-5H,2H2,1H3;1-3H,(H,11,12). The summed E-state index contributed by atoms with van der Waals surface area (Å²) in [7, 11) is 0. The monoisotopic (exact) mass is 390 g/mol. The highest BCUT2D eigenvalue weighted by Crippen LogP contribution is 2.20. The number of hydrogen-bond acceptors (Lipinski definition) is 5. The lowest BCUT2D eigenvalue weighted by Crippen LogP contribution is -2.06. The van der Waals surface area contributed by atoms with Gasteiger partial charge in [0.2, 0.25) is 0 Å². The minimum absolute atomic E-state index is 0.00617. The summed E-state index contributed by atoms with van der Waals surface area (Å²) in [6.07, 6.45) is 0. The lowest BCUT2D eigenvalue weighted by Gasteiger charge is -2.04. The molecule has 8 heteroatoms. The Bertz CT molecular complexity index is 914. The van der Waals surface area contributed by atoms with Crippen molar-refractivity contribution >= 4 is 35.1 Å². The summed E-state index contributed by atoms with van der Waals surface area (Å²) in [5.41, 5.74) is 0.311. The Hall–Kier alpha value is -3.06. The van der Waals surface area contributed by atoms with Gasteiger partial charge >= 0.3 is 11.9 Å². The third kappa shape index (κ3) is 5.22. The van der Waals surface area contributed by atoms with Gasteiger partial charge in [0.1, 0.15) is 12.1 Å². The molecule has 0 unspecified atom stereocenters. The van der Waals surface area contributed by atoms with Crippen molar-refractivity contribution in [3.63, 3.8) is 0 Å². The highest BCUT2D eigenvalue weighted by molar-refractivity contribution is 6.32. The molecule has 1 N–H and O–H groups in total. The molecule has 132 valence electrons. The largest absolute Gasteiger partial charge is 0.478 e. The van der Waals surface area contributed by atoms with Crippen LogP contribution >= 0.6 is 23.2 Å². The van der Waals surface area contributed by atoms with Crippen LogP contribution < -0.4 is 0 Å². The molecule has 0 aromatic heterocycles. The maximum atomic E-state index is 11.3. The van der Waals surface area contributed by atoms with Crippen molar-refractivity contribution in [3.8, 4) is 12.1 Å². The molecule has 2 aromatic rings. The van der Waals surface area contributed by atoms with Crippen molar-refractivity contribution in [2.24, 2.45) is 0 Å². The molecule has 0 heterocycles. The minimum atomic E-state index is -1.14. The van der Waals surface area contributed by atoms with Gasteiger partial charge in [0.05, 0.1) is 38.9 Å². The Kier molecular flexibility index (Phi) is 8.11. The summed E-state index contributed by atoms with van der Waals surface area (Å²) < 4.78 is 4.78. The smallest absolute Gasteiger partial charge is 0.339 e. The van der Waals surface area contributed by atoms with Crippen LogP contribution in [0.4, 0.5) is 0 Å². The molecule has 0 fully saturated rings. The van der Waals surface area contributed by atoms with Crippen molar-refractivity contribution in [2.45, 2.75) is 6.92 Å². The second-order valence-corrected chi connectivity index (χ2v) is 5.39. The van der Waals surface area contributed by atoms with E-state index in [-0.39, 0.29) is 38.9 Å². The number of esters is 1. The number of hydrogen-bond donors (Lipinski definition) is 1. The topological polar surface area (TPSA) is 111 Å². The summed E-state index contributed by atoms with van der Waals surface area (Å²) in [5, 5.41) is 26.4. The van der Waals surface area contributed by atoms with Gasteiger partial charge < -0.3 is 9.84 Å². The number of carbonyl (C=O) groups excluding carboxylic acids is 1. The second kappa shape index (κ2) is 10.0. The van der Waals surface area contributed by atoms with Crippen molar-refractivity contribution in [1.82, 2.24) is 0 Å². The lowest BCUT2D eigenvalue weighted by molar-refractivity contribution is 0.0525. The lowest BCUT2D eigenvalue weighted by atomic mass is 10.1. The number of carboxylic acids is 1. The highest BCUT2D eigenvalue weighted by atomic mass is 35.5. The summed E-state index contributed by atoms with van der Waals surface area (Å²) in [6, 6.07) is 12.6. The van der Waals surface area contributed by atoms with Crippen molar-refractivity contribution in [1.29, 1.82) is 10.5 Å². The summed E-state index contributed by atoms with van der Waals surface area (Å²) in [5.74, 6) is -1.67. The van der Waals surface area contributed by atoms with Gasteiger partial charge in [-0.25, -0.2) is 9.59 Å². The van der Waals surface area contributed by atoms with Crippen LogP contribution in [-0.4, -0.2) is 23.7 Å². The summed E-state index contributed by atoms with van der Waals surface area (Å²) in [6.45, 7) is 1.98. The van der Waals surface area contributed by atoms with Crippen molar-refractivity contribution in [3.05, 3.63) is 68.7 Å². The molecule has 0 spiro atoms. The maximum Gasteiger partial charge on any atom is 0.339 e. The van der Waals surface area contributed by atoms with E-state index >= 15 is 0 Å². The van der Waals surface area contributed by atoms with Gasteiger partial charge in [0, 0.05) is 0 Å². The number of halogens is 2. The average Bonchev–Trinajstić information content (AvgIpc) is 2.61. The molecule has 0 saturated carbocycles. The van der Waals surface area contributed by atoms with Gasteiger partial charge in [0.25, 0.3) is 0 Å². The molecular weight excluding hydrogens is 379 g/mol. The first-order valence-electron chi connectivity index (χ1n) is 7.14. The van der Waals surface area contributed by atoms with Gasteiger partial charge in [-0.05, 0) is 31.2 Å². The average molecular weight is 391 g/mol. The molecule has 0 aliphatic carbocycles. The number of carboxylic acid groups (broad SMARTS) is 1. The first kappa shape index (κ1) is 21.0. The van der Waals surface area contributed by atoms with E-state index in [0.29, 0.717) is 0 Å². The molecule has 26 heavy (non-hydrogen) atoms. The van der Waals surface area contributed by atoms with E-state index in [1.54, 1.807) is 25.1 Å². The van der Waals surface area contributed by atoms with Crippen LogP contribution in [0.5, 0.6) is 0 Å². The fourth-order valence-electron chi connectivity index (χ4n) is 1.83. The number of aromatic carboxylic acids is 1. The molecule has 0 amide bonds. The van der Waals surface area contributed by atoms with Gasteiger partial charge in [-0.2, -0.15) is 10.5 Å². The zero-order valence-corrected chi connectivity index (χ0v) is 15.0. The number of carbonyl (C=O) groups is 2. The van der Waals surface area contributed by atoms with E-state index < -0.39 is 11.9 Å². The summed E-state index contributed by atoms with van der Waals surface area (Å²) in [4.78, 5) is 21.9. The third-order valence-electron chi connectivity index (χ3n) is 2.98. The Morgan fingerprint density at radius 1 is 1.00 bits per heavy atom. The van der Waals surface area contributed by atoms with E-state index in [4.69, 9.17) is 43.6 Å². The number of ether oxygens (including phenoxy) is 1. The number of nitrogens with zero attached hydrogens (tertiary/aromatic N) is 2. The minimum Gasteiger partial charge on any atom is -0.478 e. The third-order valence-corrected chi connectivity index (χ3v) is 3.61. The Morgan fingerprint density at radius 3 is 1.85 bits per heavy atom. The van der Waals surface area contributed by atoms with Crippen LogP contribution in [0.2, 0.25) is 10.0 Å². The van der Waals surface area contributed by atoms with E-state index in [1.807, 2.05) is 6.07 Å². The predicted molar refractivity (Wildman–Crippen MR) is 95.2 cm³/mol. The van der Waals surface area contributed by atoms with E-state index in [9.17, 15) is 9.59 Å². The number of benzene rings is 2. The number of rotatable bonds is 3. The summed E-state index contributed by atoms with van der Waals surface area (Å²) >= 11 is 11.3. The molecule has 0 bridgehead atoms. The van der Waals surface area contributed by atoms with Crippen LogP contribution in [0.3, 0.4) is 0 Å². The van der Waals surface area contributed by atoms with E-state index in [2.05, 4.69) is 0 Å². The van der Waals surface area contributed by atoms with Gasteiger partial charge in [-0.3, -0.25) is 0 Å². The highest BCUT2D eigenvalue weighted by Gasteiger charge is 2.14. The van der Waals surface area contributed by atoms with Crippen LogP contribution in [0, 0.1) is 22.7 Å². The van der Waals surface area contributed by atoms with E-state index in [0.717, 1.165) is 0 Å². The quantitative estimate of drug-likeness (QED) is 0.781. The molecule has 0 aliphatic rings. The Morgan fingerprint density at radius 2 is 1.46 bits per heavy atom. The second-order valence-electron chi connectivity index (χ2n) is 4.57. The van der Waals surface area contributed by atoms with Gasteiger partial charge in [0.15, 0.2) is 0 Å². The van der Waals surface area contributed by atoms with Crippen LogP contribution in [0.25, 0.3) is 0 Å². The fraction of sp³-hybridized carbons (Fsp3) is 0.111. The zero-order chi connectivity index (χ0) is 19.7. The SMILES string of the molecule is CCOC(=O)c1cccc(Cl)c1C#N.N#Cc1c(Cl)cccc1C(=O)O. The van der Waals surface area contributed by atoms with Gasteiger partial charge in [-0.1, -0.05) is 35.3 Å². The normalized spacial score (nSPS) is 9.12. The van der Waals surface area contributed by atoms with Gasteiger partial charge in [-0.15, -0.1) is 0 Å². The molecule has 0 atom stereocenters. The van der Waals surface area contributed by atoms with Crippen molar-refractivity contribution < 1.29 is 19.4 Å². The molecule has 0 radical (unpaired) electrons. The zero-order valence-electron chi connectivity index (χ0n) is 13.5. The molecule has 2 aromatic carbocycles. The molecular formula is C18H12Cl2N2O4. The Balaban J connectivity index is 0.000000263. The van der Waals surface area contributed by atoms with Crippen LogP contribution in [0.1, 0.15) is 38.8 Å². The first-order chi connectivity index (χ1) is 12.4. The van der Waals surface area contributed by atoms with Crippen molar-refractivity contribution in [2.75, 3.05) is 6.61 Å². The molecule has 0 saturated heterocycles. The van der Waals surface area contributed by atoms with E-state index in [1.165, 1.54) is 24.3 Å². The maximum absolute atomic E-state index is 11.3. The molecule has 2 rings (SSSR count). The molecule has 0 aliphatic heterocycles. The Labute approximate surface area is 159 Å². The predicted octanol–water partition coefficient (Wildman–Crippen LogP) is 4.30. The fourth-order valence-corrected chi connectivity index (χ4v) is 2.27. The van der Waals surface area contributed by atoms with Crippen LogP contribution in [0.15, 0.2) is 36.4 Å². The molecule has 6 nitrogen and oxygen atoms in total. The number of nitriles is 2. The first-order valence-corrected chi connectivity index (χ1v) is 7.90.